The summed E-state index contributed by atoms with van der Waals surface area (Å²) in [5, 5.41) is 19.4. The molecule has 1 atom stereocenters. The first kappa shape index (κ1) is 25.8. The largest absolute Gasteiger partial charge is 0.378 e. The number of aryl methyl sites for hydroxylation is 1. The number of fused-ring (bicyclic) bond motifs is 1. The van der Waals surface area contributed by atoms with Gasteiger partial charge >= 0.3 is 0 Å². The molecule has 1 unspecified atom stereocenters. The number of aromatic nitrogens is 3. The fraction of sp³-hybridized carbons (Fsp3) is 0.185. The SMILES string of the molecule is BC(Nc1cc(Cl)c2ncc(C#N)c(Nc3cnc(F)c(F)c3)c2c1)(C1=CN(C2CC2)NN1)c1cccnc1C. The fourth-order valence-electron chi connectivity index (χ4n) is 4.90. The number of nitriles is 1. The first-order valence-electron chi connectivity index (χ1n) is 12.6. The second-order valence-corrected chi connectivity index (χ2v) is 10.3. The van der Waals surface area contributed by atoms with Crippen LogP contribution in [0.2, 0.25) is 5.02 Å². The molecule has 200 valence electrons. The van der Waals surface area contributed by atoms with E-state index >= 15 is 0 Å². The zero-order valence-electron chi connectivity index (χ0n) is 21.6. The van der Waals surface area contributed by atoms with Crippen LogP contribution in [-0.2, 0) is 5.44 Å². The van der Waals surface area contributed by atoms with Crippen LogP contribution in [0.3, 0.4) is 0 Å². The second-order valence-electron chi connectivity index (χ2n) is 9.94. The molecular weight excluding hydrogens is 535 g/mol. The van der Waals surface area contributed by atoms with Gasteiger partial charge in [-0.1, -0.05) is 17.7 Å². The predicted molar refractivity (Wildman–Crippen MR) is 151 cm³/mol. The fourth-order valence-corrected chi connectivity index (χ4v) is 5.17. The van der Waals surface area contributed by atoms with Gasteiger partial charge in [0.1, 0.15) is 13.9 Å². The van der Waals surface area contributed by atoms with Crippen molar-refractivity contribution in [3.8, 4) is 6.07 Å². The van der Waals surface area contributed by atoms with Crippen molar-refractivity contribution in [3.05, 3.63) is 94.4 Å². The molecule has 0 bridgehead atoms. The number of hydrazine groups is 2. The summed E-state index contributed by atoms with van der Waals surface area (Å²) in [5.41, 5.74) is 10.2. The van der Waals surface area contributed by atoms with Crippen molar-refractivity contribution in [2.24, 2.45) is 0 Å². The van der Waals surface area contributed by atoms with E-state index in [1.54, 1.807) is 12.3 Å². The van der Waals surface area contributed by atoms with Gasteiger partial charge in [0.05, 0.1) is 44.8 Å². The predicted octanol–water partition coefficient (Wildman–Crippen LogP) is 4.11. The van der Waals surface area contributed by atoms with E-state index in [4.69, 9.17) is 11.6 Å². The van der Waals surface area contributed by atoms with Crippen LogP contribution in [0.5, 0.6) is 0 Å². The van der Waals surface area contributed by atoms with Crippen LogP contribution in [0.4, 0.5) is 25.8 Å². The van der Waals surface area contributed by atoms with Gasteiger partial charge < -0.3 is 16.1 Å². The molecule has 3 aromatic heterocycles. The standard InChI is InChI=1S/C27H23BClF2N9/c1-14-20(3-2-6-33-14)27(28,23-13-40(39-38-23)18-4-5-18)37-16-7-19-24(36-17-9-22(30)26(31)35-12-17)15(10-32)11-34-25(19)21(29)8-16/h2-3,6-9,11-13,18,37-39H,4-5,28H2,1H3,(H,34,36). The van der Waals surface area contributed by atoms with E-state index in [2.05, 4.69) is 53.8 Å². The maximum atomic E-state index is 13.9. The molecule has 9 nitrogen and oxygen atoms in total. The normalized spacial score (nSPS) is 16.2. The lowest BCUT2D eigenvalue weighted by atomic mass is 9.69. The van der Waals surface area contributed by atoms with Gasteiger partial charge in [0, 0.05) is 47.5 Å². The van der Waals surface area contributed by atoms with Gasteiger partial charge in [-0.15, -0.1) is 5.53 Å². The molecule has 0 saturated heterocycles. The summed E-state index contributed by atoms with van der Waals surface area (Å²) in [6, 6.07) is 11.0. The number of anilines is 3. The highest BCUT2D eigenvalue weighted by molar-refractivity contribution is 6.36. The third-order valence-corrected chi connectivity index (χ3v) is 7.41. The minimum atomic E-state index is -1.21. The molecule has 40 heavy (non-hydrogen) atoms. The van der Waals surface area contributed by atoms with Crippen LogP contribution in [0.15, 0.2) is 60.8 Å². The van der Waals surface area contributed by atoms with Crippen LogP contribution in [0.1, 0.15) is 29.7 Å². The van der Waals surface area contributed by atoms with Gasteiger partial charge in [-0.05, 0) is 43.5 Å². The molecule has 0 amide bonds. The van der Waals surface area contributed by atoms with Crippen molar-refractivity contribution in [1.82, 2.24) is 30.9 Å². The van der Waals surface area contributed by atoms with E-state index in [-0.39, 0.29) is 11.3 Å². The van der Waals surface area contributed by atoms with Crippen LogP contribution in [0, 0.1) is 30.0 Å². The Balaban J connectivity index is 1.47. The molecular formula is C27H23BClF2N9. The third kappa shape index (κ3) is 4.63. The lowest BCUT2D eigenvalue weighted by Crippen LogP contribution is -2.46. The Morgan fingerprint density at radius 1 is 1.18 bits per heavy atom. The molecule has 1 aliphatic carbocycles. The molecule has 2 aliphatic rings. The Hall–Kier alpha value is -4.47. The van der Waals surface area contributed by atoms with Crippen molar-refractivity contribution in [3.63, 3.8) is 0 Å². The molecule has 13 heteroatoms. The molecule has 4 aromatic rings. The highest BCUT2D eigenvalue weighted by Crippen LogP contribution is 2.39. The van der Waals surface area contributed by atoms with Crippen molar-refractivity contribution < 1.29 is 8.78 Å². The van der Waals surface area contributed by atoms with Crippen LogP contribution in [-0.4, -0.2) is 33.8 Å². The van der Waals surface area contributed by atoms with Crippen molar-refractivity contribution >= 4 is 47.4 Å². The zero-order valence-corrected chi connectivity index (χ0v) is 22.3. The number of nitrogens with zero attached hydrogens (tertiary/aromatic N) is 5. The maximum Gasteiger partial charge on any atom is 0.249 e. The summed E-state index contributed by atoms with van der Waals surface area (Å²) in [7, 11) is 2.04. The molecule has 1 aromatic carbocycles. The molecule has 0 spiro atoms. The van der Waals surface area contributed by atoms with E-state index in [9.17, 15) is 14.0 Å². The van der Waals surface area contributed by atoms with Crippen molar-refractivity contribution in [1.29, 1.82) is 5.26 Å². The van der Waals surface area contributed by atoms with Gasteiger partial charge in [-0.2, -0.15) is 9.65 Å². The number of hydrogen-bond acceptors (Lipinski definition) is 9. The lowest BCUT2D eigenvalue weighted by molar-refractivity contribution is 0.260. The Morgan fingerprint density at radius 2 is 2.00 bits per heavy atom. The Bertz CT molecular complexity index is 1720. The van der Waals surface area contributed by atoms with E-state index < -0.39 is 17.2 Å². The highest BCUT2D eigenvalue weighted by Gasteiger charge is 2.39. The number of rotatable bonds is 7. The molecule has 1 fully saturated rings. The molecule has 1 aliphatic heterocycles. The van der Waals surface area contributed by atoms with E-state index in [0.717, 1.165) is 42.1 Å². The number of hydrogen-bond donors (Lipinski definition) is 4. The number of benzene rings is 1. The number of nitrogens with one attached hydrogen (secondary N) is 4. The van der Waals surface area contributed by atoms with E-state index in [1.165, 1.54) is 6.20 Å². The summed E-state index contributed by atoms with van der Waals surface area (Å²) >= 11 is 6.72. The average Bonchev–Trinajstić information content (AvgIpc) is 3.66. The van der Waals surface area contributed by atoms with E-state index in [0.29, 0.717) is 33.3 Å². The monoisotopic (exact) mass is 557 g/mol. The molecule has 4 N–H and O–H groups in total. The summed E-state index contributed by atoms with van der Waals surface area (Å²) in [4.78, 5) is 12.3. The molecule has 1 saturated carbocycles. The lowest BCUT2D eigenvalue weighted by Gasteiger charge is -2.34. The number of pyridine rings is 3. The topological polar surface area (TPSA) is 114 Å². The quantitative estimate of drug-likeness (QED) is 0.197. The van der Waals surface area contributed by atoms with E-state index in [1.807, 2.05) is 33.0 Å². The average molecular weight is 558 g/mol. The zero-order chi connectivity index (χ0) is 28.0. The van der Waals surface area contributed by atoms with Crippen molar-refractivity contribution in [2.75, 3.05) is 10.6 Å². The summed E-state index contributed by atoms with van der Waals surface area (Å²) in [6.07, 6.45) is 8.56. The smallest absolute Gasteiger partial charge is 0.249 e. The Labute approximate surface area is 234 Å². The summed E-state index contributed by atoms with van der Waals surface area (Å²) < 4.78 is 27.3. The maximum absolute atomic E-state index is 13.9. The summed E-state index contributed by atoms with van der Waals surface area (Å²) in [6.45, 7) is 1.95. The minimum absolute atomic E-state index is 0.166. The van der Waals surface area contributed by atoms with Gasteiger partial charge in [-0.3, -0.25) is 15.0 Å². The second kappa shape index (κ2) is 9.93. The molecule has 0 radical (unpaired) electrons. The van der Waals surface area contributed by atoms with Crippen molar-refractivity contribution in [2.45, 2.75) is 31.2 Å². The van der Waals surface area contributed by atoms with Gasteiger partial charge in [0.25, 0.3) is 0 Å². The third-order valence-electron chi connectivity index (χ3n) is 7.12. The number of halogens is 3. The Kier molecular flexibility index (Phi) is 6.40. The van der Waals surface area contributed by atoms with Crippen LogP contribution in [0.25, 0.3) is 10.9 Å². The first-order chi connectivity index (χ1) is 19.3. The Morgan fingerprint density at radius 3 is 2.73 bits per heavy atom. The van der Waals surface area contributed by atoms with Crippen LogP contribution < -0.4 is 21.6 Å². The van der Waals surface area contributed by atoms with Gasteiger partial charge in [0.2, 0.25) is 5.95 Å². The molecule has 4 heterocycles. The van der Waals surface area contributed by atoms with Crippen LogP contribution >= 0.6 is 11.6 Å². The van der Waals surface area contributed by atoms with Gasteiger partial charge in [0.15, 0.2) is 5.82 Å². The minimum Gasteiger partial charge on any atom is -0.378 e. The highest BCUT2D eigenvalue weighted by atomic mass is 35.5. The molecule has 6 rings (SSSR count). The van der Waals surface area contributed by atoms with Gasteiger partial charge in [-0.25, -0.2) is 9.37 Å². The summed E-state index contributed by atoms with van der Waals surface area (Å²) in [5.74, 6) is -2.33. The first-order valence-corrected chi connectivity index (χ1v) is 13.0.